The summed E-state index contributed by atoms with van der Waals surface area (Å²) in [5, 5.41) is 6.54. The van der Waals surface area contributed by atoms with Crippen LogP contribution in [-0.4, -0.2) is 25.0 Å². The summed E-state index contributed by atoms with van der Waals surface area (Å²) in [6, 6.07) is 1.77. The molecule has 21 heavy (non-hydrogen) atoms. The highest BCUT2D eigenvalue weighted by Gasteiger charge is 2.17. The van der Waals surface area contributed by atoms with Crippen LogP contribution in [0.5, 0.6) is 0 Å². The van der Waals surface area contributed by atoms with E-state index in [4.69, 9.17) is 23.2 Å². The summed E-state index contributed by atoms with van der Waals surface area (Å²) in [6.07, 6.45) is 0. The number of hydrogen-bond acceptors (Lipinski definition) is 2. The van der Waals surface area contributed by atoms with Crippen molar-refractivity contribution in [1.82, 2.24) is 10.6 Å². The molecular weight excluding hydrogens is 320 g/mol. The molecule has 1 aromatic carbocycles. The Balaban J connectivity index is 2.58. The van der Waals surface area contributed by atoms with Crippen LogP contribution in [0.25, 0.3) is 0 Å². The summed E-state index contributed by atoms with van der Waals surface area (Å²) in [7, 11) is 0. The van der Waals surface area contributed by atoms with E-state index in [0.717, 1.165) is 0 Å². The molecule has 0 unspecified atom stereocenters. The van der Waals surface area contributed by atoms with Gasteiger partial charge in [0.1, 0.15) is 11.9 Å². The van der Waals surface area contributed by atoms with Crippen molar-refractivity contribution in [2.24, 2.45) is 0 Å². The van der Waals surface area contributed by atoms with E-state index in [1.807, 2.05) is 0 Å². The zero-order valence-corrected chi connectivity index (χ0v) is 13.2. The lowest BCUT2D eigenvalue weighted by molar-refractivity contribution is -0.682. The van der Waals surface area contributed by atoms with Crippen molar-refractivity contribution in [2.45, 2.75) is 19.9 Å². The largest absolute Gasteiger partial charge is 0.338 e. The fourth-order valence-electron chi connectivity index (χ4n) is 1.68. The van der Waals surface area contributed by atoms with Crippen LogP contribution in [-0.2, 0) is 4.79 Å². The first kappa shape index (κ1) is 17.7. The highest BCUT2D eigenvalue weighted by atomic mass is 35.5. The molecule has 0 fully saturated rings. The van der Waals surface area contributed by atoms with E-state index in [0.29, 0.717) is 17.1 Å². The average molecular weight is 337 g/mol. The summed E-state index contributed by atoms with van der Waals surface area (Å²) in [5.74, 6) is -1.01. The minimum Gasteiger partial charge on any atom is -0.338 e. The number of imide groups is 1. The number of urea groups is 1. The van der Waals surface area contributed by atoms with Crippen LogP contribution in [0.1, 0.15) is 25.5 Å². The molecule has 5 nitrogen and oxygen atoms in total. The van der Waals surface area contributed by atoms with Crippen LogP contribution in [0.2, 0.25) is 10.0 Å². The summed E-state index contributed by atoms with van der Waals surface area (Å²) < 4.78 is 13.4. The Bertz CT molecular complexity index is 540. The molecule has 4 N–H and O–H groups in total. The average Bonchev–Trinajstić information content (AvgIpc) is 2.40. The van der Waals surface area contributed by atoms with Gasteiger partial charge in [0.25, 0.3) is 5.91 Å². The summed E-state index contributed by atoms with van der Waals surface area (Å²) in [5.41, 5.74) is 0.532. The van der Waals surface area contributed by atoms with Gasteiger partial charge in [-0.05, 0) is 26.0 Å². The van der Waals surface area contributed by atoms with Gasteiger partial charge in [-0.1, -0.05) is 23.2 Å². The summed E-state index contributed by atoms with van der Waals surface area (Å²) in [4.78, 5) is 22.7. The van der Waals surface area contributed by atoms with Crippen molar-refractivity contribution in [2.75, 3.05) is 13.1 Å². The van der Waals surface area contributed by atoms with Gasteiger partial charge >= 0.3 is 6.03 Å². The fraction of sp³-hybridized carbons (Fsp3) is 0.385. The third-order valence-corrected chi connectivity index (χ3v) is 3.39. The van der Waals surface area contributed by atoms with Crippen LogP contribution in [0.3, 0.4) is 0 Å². The van der Waals surface area contributed by atoms with E-state index >= 15 is 0 Å². The molecule has 0 spiro atoms. The predicted octanol–water partition coefficient (Wildman–Crippen LogP) is 1.60. The van der Waals surface area contributed by atoms with Gasteiger partial charge in [0, 0.05) is 12.1 Å². The van der Waals surface area contributed by atoms with Gasteiger partial charge < -0.3 is 10.6 Å². The Kier molecular flexibility index (Phi) is 6.87. The van der Waals surface area contributed by atoms with E-state index in [1.54, 1.807) is 19.2 Å². The number of carbonyl (C=O) groups is 2. The number of nitrogens with one attached hydrogen (secondary N) is 2. The maximum atomic E-state index is 13.4. The van der Waals surface area contributed by atoms with E-state index < -0.39 is 17.8 Å². The van der Waals surface area contributed by atoms with Crippen LogP contribution >= 0.6 is 23.2 Å². The molecule has 0 saturated carbocycles. The molecule has 1 atom stereocenters. The zero-order chi connectivity index (χ0) is 16.0. The Hall–Kier alpha value is -1.37. The Morgan fingerprint density at radius 3 is 2.62 bits per heavy atom. The topological polar surface area (TPSA) is 74.8 Å². The molecule has 0 aliphatic heterocycles. The molecule has 1 rings (SSSR count). The molecular formula is C13H17Cl2FN3O2+. The lowest BCUT2D eigenvalue weighted by Gasteiger charge is -2.13. The van der Waals surface area contributed by atoms with Crippen molar-refractivity contribution in [1.29, 1.82) is 0 Å². The molecule has 0 heterocycles. The van der Waals surface area contributed by atoms with Crippen LogP contribution in [0.4, 0.5) is 9.18 Å². The highest BCUT2D eigenvalue weighted by Crippen LogP contribution is 2.27. The summed E-state index contributed by atoms with van der Waals surface area (Å²) >= 11 is 11.6. The standard InChI is InChI=1S/C13H16Cl2FN3O2/c1-3-17-13(21)19-12(20)6-18-7(2)8-4-11(16)10(15)5-9(8)14/h4-5,7,18H,3,6H2,1-2H3,(H2,17,19,20,21)/p+1/t7-/m0/s1. The first-order valence-electron chi connectivity index (χ1n) is 6.40. The van der Waals surface area contributed by atoms with Crippen molar-refractivity contribution >= 4 is 35.1 Å². The maximum Gasteiger partial charge on any atom is 0.321 e. The maximum absolute atomic E-state index is 13.4. The zero-order valence-electron chi connectivity index (χ0n) is 11.7. The smallest absolute Gasteiger partial charge is 0.321 e. The number of carbonyl (C=O) groups excluding carboxylic acids is 2. The quantitative estimate of drug-likeness (QED) is 0.714. The van der Waals surface area contributed by atoms with Gasteiger partial charge in [0.15, 0.2) is 6.54 Å². The van der Waals surface area contributed by atoms with Gasteiger partial charge in [0.05, 0.1) is 10.0 Å². The molecule has 0 radical (unpaired) electrons. The van der Waals surface area contributed by atoms with Gasteiger partial charge in [-0.2, -0.15) is 0 Å². The third kappa shape index (κ3) is 5.49. The second-order valence-electron chi connectivity index (χ2n) is 4.42. The second kappa shape index (κ2) is 8.17. The SMILES string of the molecule is CCNC(=O)NC(=O)C[NH2+][C@@H](C)c1cc(F)c(Cl)cc1Cl. The molecule has 0 aliphatic carbocycles. The predicted molar refractivity (Wildman–Crippen MR) is 78.8 cm³/mol. The van der Waals surface area contributed by atoms with E-state index in [-0.39, 0.29) is 17.6 Å². The van der Waals surface area contributed by atoms with E-state index in [1.165, 1.54) is 12.1 Å². The number of rotatable bonds is 5. The van der Waals surface area contributed by atoms with Crippen LogP contribution in [0.15, 0.2) is 12.1 Å². The minimum absolute atomic E-state index is 0.0128. The molecule has 3 amide bonds. The van der Waals surface area contributed by atoms with Crippen molar-refractivity contribution in [3.8, 4) is 0 Å². The Morgan fingerprint density at radius 1 is 1.33 bits per heavy atom. The van der Waals surface area contributed by atoms with Crippen molar-refractivity contribution in [3.63, 3.8) is 0 Å². The monoisotopic (exact) mass is 336 g/mol. The molecule has 0 aliphatic rings. The first-order chi connectivity index (χ1) is 9.85. The molecule has 116 valence electrons. The molecule has 0 bridgehead atoms. The number of quaternary nitrogens is 1. The second-order valence-corrected chi connectivity index (χ2v) is 5.24. The van der Waals surface area contributed by atoms with Crippen molar-refractivity contribution in [3.05, 3.63) is 33.6 Å². The Morgan fingerprint density at radius 2 is 2.00 bits per heavy atom. The fourth-order valence-corrected chi connectivity index (χ4v) is 2.24. The Labute approximate surface area is 132 Å². The number of halogens is 3. The lowest BCUT2D eigenvalue weighted by atomic mass is 10.1. The lowest BCUT2D eigenvalue weighted by Crippen LogP contribution is -2.87. The summed E-state index contributed by atoms with van der Waals surface area (Å²) in [6.45, 7) is 3.96. The molecule has 0 aromatic heterocycles. The van der Waals surface area contributed by atoms with Crippen LogP contribution < -0.4 is 16.0 Å². The number of hydrogen-bond donors (Lipinski definition) is 3. The normalized spacial score (nSPS) is 11.9. The molecule has 0 saturated heterocycles. The van der Waals surface area contributed by atoms with Crippen LogP contribution in [0, 0.1) is 5.82 Å². The van der Waals surface area contributed by atoms with E-state index in [9.17, 15) is 14.0 Å². The number of benzene rings is 1. The third-order valence-electron chi connectivity index (χ3n) is 2.78. The first-order valence-corrected chi connectivity index (χ1v) is 7.16. The number of nitrogens with two attached hydrogens (primary N) is 1. The van der Waals surface area contributed by atoms with Gasteiger partial charge in [0.2, 0.25) is 0 Å². The minimum atomic E-state index is -0.567. The van der Waals surface area contributed by atoms with Gasteiger partial charge in [-0.25, -0.2) is 9.18 Å². The number of amides is 3. The highest BCUT2D eigenvalue weighted by molar-refractivity contribution is 6.35. The van der Waals surface area contributed by atoms with Crippen molar-refractivity contribution < 1.29 is 19.3 Å². The molecule has 1 aromatic rings. The van der Waals surface area contributed by atoms with Gasteiger partial charge in [-0.15, -0.1) is 0 Å². The van der Waals surface area contributed by atoms with Gasteiger partial charge in [-0.3, -0.25) is 10.1 Å². The van der Waals surface area contributed by atoms with E-state index in [2.05, 4.69) is 10.6 Å². The molecule has 8 heteroatoms.